The normalized spacial score (nSPS) is 10.8. The Bertz CT molecular complexity index is 473. The molecule has 6 heteroatoms. The van der Waals surface area contributed by atoms with E-state index in [9.17, 15) is 9.90 Å². The van der Waals surface area contributed by atoms with Crippen LogP contribution >= 0.6 is 0 Å². The fraction of sp³-hybridized carbons (Fsp3) is 0.429. The molecule has 0 bridgehead atoms. The number of phenols is 1. The number of nitrogens with zero attached hydrogens (tertiary/aromatic N) is 1. The predicted molar refractivity (Wildman–Crippen MR) is 76.4 cm³/mol. The third kappa shape index (κ3) is 4.46. The second-order valence-corrected chi connectivity index (χ2v) is 4.67. The van der Waals surface area contributed by atoms with Crippen molar-refractivity contribution < 1.29 is 19.4 Å². The van der Waals surface area contributed by atoms with Crippen LogP contribution in [0, 0.1) is 5.92 Å². The number of amides is 1. The molecule has 0 unspecified atom stereocenters. The molecule has 0 atom stereocenters. The van der Waals surface area contributed by atoms with Crippen molar-refractivity contribution in [2.45, 2.75) is 20.3 Å². The number of carbonyl (C=O) groups is 1. The SMILES string of the molecule is COc1cc(/C=N/NC(=O)CC(C)C)cc(OC)c1O. The number of hydrogen-bond donors (Lipinski definition) is 2. The van der Waals surface area contributed by atoms with E-state index >= 15 is 0 Å². The molecule has 0 aliphatic carbocycles. The molecule has 0 saturated heterocycles. The minimum atomic E-state index is -0.144. The highest BCUT2D eigenvalue weighted by Gasteiger charge is 2.10. The molecular formula is C14H20N2O4. The number of carbonyl (C=O) groups excluding carboxylic acids is 1. The topological polar surface area (TPSA) is 80.2 Å². The van der Waals surface area contributed by atoms with Gasteiger partial charge in [-0.3, -0.25) is 4.79 Å². The van der Waals surface area contributed by atoms with Gasteiger partial charge in [0.2, 0.25) is 11.7 Å². The minimum Gasteiger partial charge on any atom is -0.502 e. The summed E-state index contributed by atoms with van der Waals surface area (Å²) in [6.07, 6.45) is 1.88. The molecule has 0 saturated carbocycles. The summed E-state index contributed by atoms with van der Waals surface area (Å²) in [5.74, 6) is 0.614. The highest BCUT2D eigenvalue weighted by atomic mass is 16.5. The van der Waals surface area contributed by atoms with Crippen molar-refractivity contribution in [3.8, 4) is 17.2 Å². The first-order chi connectivity index (χ1) is 9.47. The molecule has 0 heterocycles. The fourth-order valence-electron chi connectivity index (χ4n) is 1.58. The van der Waals surface area contributed by atoms with E-state index in [-0.39, 0.29) is 29.1 Å². The van der Waals surface area contributed by atoms with Crippen LogP contribution in [-0.4, -0.2) is 31.4 Å². The van der Waals surface area contributed by atoms with Crippen molar-refractivity contribution in [1.82, 2.24) is 5.43 Å². The second-order valence-electron chi connectivity index (χ2n) is 4.67. The zero-order chi connectivity index (χ0) is 15.1. The molecule has 1 amide bonds. The van der Waals surface area contributed by atoms with E-state index in [1.165, 1.54) is 20.4 Å². The molecule has 6 nitrogen and oxygen atoms in total. The van der Waals surface area contributed by atoms with Gasteiger partial charge in [0.1, 0.15) is 0 Å². The zero-order valence-corrected chi connectivity index (χ0v) is 12.1. The largest absolute Gasteiger partial charge is 0.502 e. The lowest BCUT2D eigenvalue weighted by Crippen LogP contribution is -2.19. The molecular weight excluding hydrogens is 260 g/mol. The Morgan fingerprint density at radius 2 is 1.90 bits per heavy atom. The van der Waals surface area contributed by atoms with Crippen LogP contribution in [0.3, 0.4) is 0 Å². The third-order valence-corrected chi connectivity index (χ3v) is 2.50. The fourth-order valence-corrected chi connectivity index (χ4v) is 1.58. The summed E-state index contributed by atoms with van der Waals surface area (Å²) in [6.45, 7) is 3.91. The summed E-state index contributed by atoms with van der Waals surface area (Å²) < 4.78 is 10.1. The van der Waals surface area contributed by atoms with Crippen LogP contribution in [0.4, 0.5) is 0 Å². The summed E-state index contributed by atoms with van der Waals surface area (Å²) in [7, 11) is 2.89. The lowest BCUT2D eigenvalue weighted by atomic mass is 10.1. The Hall–Kier alpha value is -2.24. The first kappa shape index (κ1) is 15.8. The zero-order valence-electron chi connectivity index (χ0n) is 12.1. The van der Waals surface area contributed by atoms with Crippen LogP contribution in [0.1, 0.15) is 25.8 Å². The maximum atomic E-state index is 11.4. The molecule has 0 radical (unpaired) electrons. The maximum Gasteiger partial charge on any atom is 0.240 e. The van der Waals surface area contributed by atoms with Gasteiger partial charge in [-0.25, -0.2) is 5.43 Å². The Kier molecular flexibility index (Phi) is 5.83. The number of methoxy groups -OCH3 is 2. The van der Waals surface area contributed by atoms with Gasteiger partial charge in [-0.2, -0.15) is 5.10 Å². The average molecular weight is 280 g/mol. The molecule has 0 fully saturated rings. The third-order valence-electron chi connectivity index (χ3n) is 2.50. The van der Waals surface area contributed by atoms with Crippen molar-refractivity contribution in [3.05, 3.63) is 17.7 Å². The van der Waals surface area contributed by atoms with Crippen molar-refractivity contribution >= 4 is 12.1 Å². The van der Waals surface area contributed by atoms with Crippen LogP contribution in [-0.2, 0) is 4.79 Å². The molecule has 0 aromatic heterocycles. The highest BCUT2D eigenvalue weighted by molar-refractivity contribution is 5.84. The summed E-state index contributed by atoms with van der Waals surface area (Å²) in [6, 6.07) is 3.19. The first-order valence-corrected chi connectivity index (χ1v) is 6.24. The van der Waals surface area contributed by atoms with Crippen molar-refractivity contribution in [2.75, 3.05) is 14.2 Å². The van der Waals surface area contributed by atoms with Gasteiger partial charge >= 0.3 is 0 Å². The number of nitrogens with one attached hydrogen (secondary N) is 1. The monoisotopic (exact) mass is 280 g/mol. The van der Waals surface area contributed by atoms with Gasteiger partial charge in [0, 0.05) is 12.0 Å². The summed E-state index contributed by atoms with van der Waals surface area (Å²) >= 11 is 0. The Balaban J connectivity index is 2.79. The highest BCUT2D eigenvalue weighted by Crippen LogP contribution is 2.36. The predicted octanol–water partition coefficient (Wildman–Crippen LogP) is 1.91. The smallest absolute Gasteiger partial charge is 0.240 e. The van der Waals surface area contributed by atoms with Gasteiger partial charge in [-0.15, -0.1) is 0 Å². The molecule has 2 N–H and O–H groups in total. The van der Waals surface area contributed by atoms with E-state index in [4.69, 9.17) is 9.47 Å². The molecule has 1 rings (SSSR count). The number of hydrazone groups is 1. The van der Waals surface area contributed by atoms with Crippen LogP contribution < -0.4 is 14.9 Å². The Morgan fingerprint density at radius 3 is 2.35 bits per heavy atom. The average Bonchev–Trinajstić information content (AvgIpc) is 2.39. The first-order valence-electron chi connectivity index (χ1n) is 6.24. The lowest BCUT2D eigenvalue weighted by Gasteiger charge is -2.09. The number of benzene rings is 1. The van der Waals surface area contributed by atoms with Gasteiger partial charge < -0.3 is 14.6 Å². The van der Waals surface area contributed by atoms with Gasteiger partial charge in [-0.1, -0.05) is 13.8 Å². The standard InChI is InChI=1S/C14H20N2O4/c1-9(2)5-13(17)16-15-8-10-6-11(19-3)14(18)12(7-10)20-4/h6-9,18H,5H2,1-4H3,(H,16,17)/b15-8+. The summed E-state index contributed by atoms with van der Waals surface area (Å²) in [5.41, 5.74) is 3.08. The van der Waals surface area contributed by atoms with Gasteiger partial charge in [-0.05, 0) is 18.1 Å². The van der Waals surface area contributed by atoms with E-state index in [0.29, 0.717) is 12.0 Å². The van der Waals surface area contributed by atoms with E-state index in [1.54, 1.807) is 12.1 Å². The Labute approximate surface area is 118 Å². The molecule has 0 spiro atoms. The summed E-state index contributed by atoms with van der Waals surface area (Å²) in [4.78, 5) is 11.4. The van der Waals surface area contributed by atoms with Crippen LogP contribution in [0.5, 0.6) is 17.2 Å². The van der Waals surface area contributed by atoms with E-state index in [2.05, 4.69) is 10.5 Å². The molecule has 110 valence electrons. The number of ether oxygens (including phenoxy) is 2. The van der Waals surface area contributed by atoms with Gasteiger partial charge in [0.05, 0.1) is 20.4 Å². The maximum absolute atomic E-state index is 11.4. The minimum absolute atomic E-state index is 0.0732. The molecule has 20 heavy (non-hydrogen) atoms. The number of phenolic OH excluding ortho intramolecular Hbond substituents is 1. The van der Waals surface area contributed by atoms with Crippen molar-refractivity contribution in [2.24, 2.45) is 11.0 Å². The van der Waals surface area contributed by atoms with Crippen molar-refractivity contribution in [1.29, 1.82) is 0 Å². The molecule has 0 aliphatic rings. The van der Waals surface area contributed by atoms with Crippen molar-refractivity contribution in [3.63, 3.8) is 0 Å². The quantitative estimate of drug-likeness (QED) is 0.616. The van der Waals surface area contributed by atoms with Gasteiger partial charge in [0.15, 0.2) is 11.5 Å². The van der Waals surface area contributed by atoms with E-state index in [1.807, 2.05) is 13.8 Å². The van der Waals surface area contributed by atoms with Crippen LogP contribution in [0.2, 0.25) is 0 Å². The lowest BCUT2D eigenvalue weighted by molar-refractivity contribution is -0.121. The van der Waals surface area contributed by atoms with Crippen LogP contribution in [0.15, 0.2) is 17.2 Å². The number of hydrogen-bond acceptors (Lipinski definition) is 5. The molecule has 0 aliphatic heterocycles. The molecule has 1 aromatic carbocycles. The van der Waals surface area contributed by atoms with E-state index in [0.717, 1.165) is 0 Å². The van der Waals surface area contributed by atoms with Gasteiger partial charge in [0.25, 0.3) is 0 Å². The summed E-state index contributed by atoms with van der Waals surface area (Å²) in [5, 5.41) is 13.6. The number of rotatable bonds is 6. The number of aromatic hydroxyl groups is 1. The van der Waals surface area contributed by atoms with E-state index < -0.39 is 0 Å². The Morgan fingerprint density at radius 1 is 1.35 bits per heavy atom. The second kappa shape index (κ2) is 7.37. The molecule has 1 aromatic rings. The van der Waals surface area contributed by atoms with Crippen LogP contribution in [0.25, 0.3) is 0 Å².